The molecule has 3 atom stereocenters. The maximum atomic E-state index is 12.8. The molecule has 0 radical (unpaired) electrons. The van der Waals surface area contributed by atoms with Gasteiger partial charge in [0.15, 0.2) is 0 Å². The number of piperidine rings is 1. The van der Waals surface area contributed by atoms with Crippen LogP contribution < -0.4 is 10.5 Å². The topological polar surface area (TPSA) is 92.5 Å². The SMILES string of the molecule is NC1CCCC(NS(=O)(=O)C2CCCN(C(=O)C3CCCC3)C2)C1. The van der Waals surface area contributed by atoms with Crippen LogP contribution in [0.1, 0.15) is 64.2 Å². The van der Waals surface area contributed by atoms with Gasteiger partial charge in [-0.1, -0.05) is 19.3 Å². The highest BCUT2D eigenvalue weighted by atomic mass is 32.2. The van der Waals surface area contributed by atoms with Gasteiger partial charge in [-0.05, 0) is 44.9 Å². The molecule has 0 aromatic heterocycles. The first-order valence-corrected chi connectivity index (χ1v) is 11.1. The van der Waals surface area contributed by atoms with Crippen LogP contribution in [0.25, 0.3) is 0 Å². The highest BCUT2D eigenvalue weighted by molar-refractivity contribution is 7.90. The van der Waals surface area contributed by atoms with Gasteiger partial charge in [0.25, 0.3) is 0 Å². The third-order valence-electron chi connectivity index (χ3n) is 5.88. The minimum Gasteiger partial charge on any atom is -0.341 e. The van der Waals surface area contributed by atoms with E-state index < -0.39 is 15.3 Å². The average Bonchev–Trinajstić information content (AvgIpc) is 3.08. The van der Waals surface area contributed by atoms with E-state index in [9.17, 15) is 13.2 Å². The molecule has 0 bridgehead atoms. The normalized spacial score (nSPS) is 32.9. The highest BCUT2D eigenvalue weighted by Crippen LogP contribution is 2.28. The lowest BCUT2D eigenvalue weighted by atomic mass is 9.92. The summed E-state index contributed by atoms with van der Waals surface area (Å²) in [5, 5.41) is -0.477. The number of amides is 1. The van der Waals surface area contributed by atoms with E-state index in [4.69, 9.17) is 5.73 Å². The molecule has 7 heteroatoms. The summed E-state index contributed by atoms with van der Waals surface area (Å²) in [6, 6.07) is 0.0536. The summed E-state index contributed by atoms with van der Waals surface area (Å²) >= 11 is 0. The second kappa shape index (κ2) is 7.70. The van der Waals surface area contributed by atoms with E-state index in [1.807, 2.05) is 0 Å². The number of nitrogens with two attached hydrogens (primary N) is 1. The first-order valence-electron chi connectivity index (χ1n) is 9.51. The molecule has 138 valence electrons. The van der Waals surface area contributed by atoms with Gasteiger partial charge in [-0.25, -0.2) is 13.1 Å². The lowest BCUT2D eigenvalue weighted by Gasteiger charge is -2.35. The number of nitrogens with zero attached hydrogens (tertiary/aromatic N) is 1. The summed E-state index contributed by atoms with van der Waals surface area (Å²) in [6.45, 7) is 1.05. The first kappa shape index (κ1) is 18.1. The Bertz CT molecular complexity index is 545. The molecule has 1 saturated heterocycles. The van der Waals surface area contributed by atoms with Crippen LogP contribution in [0.5, 0.6) is 0 Å². The number of carbonyl (C=O) groups is 1. The van der Waals surface area contributed by atoms with Crippen molar-refractivity contribution in [1.29, 1.82) is 0 Å². The second-order valence-corrected chi connectivity index (χ2v) is 9.81. The summed E-state index contributed by atoms with van der Waals surface area (Å²) in [6.07, 6.45) is 9.12. The van der Waals surface area contributed by atoms with E-state index in [2.05, 4.69) is 4.72 Å². The van der Waals surface area contributed by atoms with E-state index in [1.54, 1.807) is 4.90 Å². The van der Waals surface area contributed by atoms with Gasteiger partial charge in [0.1, 0.15) is 0 Å². The molecule has 3 unspecified atom stereocenters. The molecule has 0 aromatic carbocycles. The first-order chi connectivity index (χ1) is 11.5. The number of nitrogens with one attached hydrogen (secondary N) is 1. The molecule has 2 aliphatic carbocycles. The van der Waals surface area contributed by atoms with Gasteiger partial charge in [-0.2, -0.15) is 0 Å². The third-order valence-corrected chi connectivity index (χ3v) is 7.80. The molecule has 3 aliphatic rings. The Morgan fingerprint density at radius 3 is 2.46 bits per heavy atom. The van der Waals surface area contributed by atoms with E-state index in [-0.39, 0.29) is 23.9 Å². The summed E-state index contributed by atoms with van der Waals surface area (Å²) in [4.78, 5) is 14.4. The van der Waals surface area contributed by atoms with Crippen LogP contribution in [0.4, 0.5) is 0 Å². The third kappa shape index (κ3) is 4.29. The molecule has 3 fully saturated rings. The number of sulfonamides is 1. The Balaban J connectivity index is 1.59. The molecule has 1 aliphatic heterocycles. The molecule has 1 amide bonds. The van der Waals surface area contributed by atoms with Crippen molar-refractivity contribution < 1.29 is 13.2 Å². The van der Waals surface area contributed by atoms with Crippen molar-refractivity contribution >= 4 is 15.9 Å². The number of rotatable bonds is 4. The molecular weight excluding hydrogens is 326 g/mol. The van der Waals surface area contributed by atoms with Gasteiger partial charge < -0.3 is 10.6 Å². The Morgan fingerprint density at radius 1 is 1.00 bits per heavy atom. The summed E-state index contributed by atoms with van der Waals surface area (Å²) in [5.74, 6) is 0.294. The van der Waals surface area contributed by atoms with Crippen LogP contribution in [0, 0.1) is 5.92 Å². The van der Waals surface area contributed by atoms with Gasteiger partial charge in [0.05, 0.1) is 5.25 Å². The monoisotopic (exact) mass is 357 g/mol. The van der Waals surface area contributed by atoms with Gasteiger partial charge in [0, 0.05) is 31.1 Å². The number of hydrogen-bond acceptors (Lipinski definition) is 4. The average molecular weight is 358 g/mol. The maximum Gasteiger partial charge on any atom is 0.225 e. The van der Waals surface area contributed by atoms with Crippen molar-refractivity contribution in [2.24, 2.45) is 11.7 Å². The van der Waals surface area contributed by atoms with Crippen molar-refractivity contribution in [3.05, 3.63) is 0 Å². The maximum absolute atomic E-state index is 12.8. The van der Waals surface area contributed by atoms with E-state index >= 15 is 0 Å². The molecule has 2 saturated carbocycles. The van der Waals surface area contributed by atoms with Crippen LogP contribution in [-0.2, 0) is 14.8 Å². The number of carbonyl (C=O) groups excluding carboxylic acids is 1. The second-order valence-electron chi connectivity index (χ2n) is 7.82. The molecular formula is C17H31N3O3S. The van der Waals surface area contributed by atoms with Crippen LogP contribution in [0.15, 0.2) is 0 Å². The lowest BCUT2D eigenvalue weighted by Crippen LogP contribution is -2.52. The minimum atomic E-state index is -3.40. The van der Waals surface area contributed by atoms with Gasteiger partial charge >= 0.3 is 0 Å². The standard InChI is InChI=1S/C17H31N3O3S/c18-14-7-3-8-15(11-14)19-24(22,23)16-9-4-10-20(12-16)17(21)13-5-1-2-6-13/h13-16,19H,1-12,18H2. The van der Waals surface area contributed by atoms with Crippen molar-refractivity contribution in [2.45, 2.75) is 81.5 Å². The highest BCUT2D eigenvalue weighted by Gasteiger charge is 2.36. The molecule has 0 aromatic rings. The summed E-state index contributed by atoms with van der Waals surface area (Å²) in [7, 11) is -3.40. The van der Waals surface area contributed by atoms with Crippen molar-refractivity contribution in [3.63, 3.8) is 0 Å². The zero-order valence-electron chi connectivity index (χ0n) is 14.5. The fraction of sp³-hybridized carbons (Fsp3) is 0.941. The molecule has 24 heavy (non-hydrogen) atoms. The Labute approximate surface area is 145 Å². The number of likely N-dealkylation sites (tertiary alicyclic amines) is 1. The van der Waals surface area contributed by atoms with Crippen LogP contribution in [-0.4, -0.2) is 49.6 Å². The Hall–Kier alpha value is -0.660. The molecule has 0 spiro atoms. The summed E-state index contributed by atoms with van der Waals surface area (Å²) < 4.78 is 28.4. The fourth-order valence-corrected chi connectivity index (χ4v) is 6.21. The number of hydrogen-bond donors (Lipinski definition) is 2. The molecule has 1 heterocycles. The summed E-state index contributed by atoms with van der Waals surface area (Å²) in [5.41, 5.74) is 5.97. The fourth-order valence-electron chi connectivity index (χ4n) is 4.49. The van der Waals surface area contributed by atoms with Crippen molar-refractivity contribution in [2.75, 3.05) is 13.1 Å². The van der Waals surface area contributed by atoms with Crippen molar-refractivity contribution in [3.8, 4) is 0 Å². The van der Waals surface area contributed by atoms with Gasteiger partial charge in [-0.3, -0.25) is 4.79 Å². The molecule has 6 nitrogen and oxygen atoms in total. The Kier molecular flexibility index (Phi) is 5.82. The van der Waals surface area contributed by atoms with Gasteiger partial charge in [0.2, 0.25) is 15.9 Å². The van der Waals surface area contributed by atoms with Crippen molar-refractivity contribution in [1.82, 2.24) is 9.62 Å². The predicted molar refractivity (Wildman–Crippen MR) is 93.8 cm³/mol. The zero-order chi connectivity index (χ0) is 17.2. The quantitative estimate of drug-likeness (QED) is 0.794. The van der Waals surface area contributed by atoms with E-state index in [1.165, 1.54) is 0 Å². The minimum absolute atomic E-state index is 0.0420. The van der Waals surface area contributed by atoms with E-state index in [0.29, 0.717) is 19.5 Å². The largest absolute Gasteiger partial charge is 0.341 e. The zero-order valence-corrected chi connectivity index (χ0v) is 15.3. The van der Waals surface area contributed by atoms with E-state index in [0.717, 1.165) is 57.8 Å². The predicted octanol–water partition coefficient (Wildman–Crippen LogP) is 1.36. The lowest BCUT2D eigenvalue weighted by molar-refractivity contribution is -0.136. The molecule has 3 N–H and O–H groups in total. The Morgan fingerprint density at radius 2 is 1.75 bits per heavy atom. The molecule has 3 rings (SSSR count). The van der Waals surface area contributed by atoms with Crippen LogP contribution in [0.2, 0.25) is 0 Å². The van der Waals surface area contributed by atoms with Crippen LogP contribution in [0.3, 0.4) is 0 Å². The van der Waals surface area contributed by atoms with Gasteiger partial charge in [-0.15, -0.1) is 0 Å². The van der Waals surface area contributed by atoms with Crippen LogP contribution >= 0.6 is 0 Å². The smallest absolute Gasteiger partial charge is 0.225 e.